The molecule has 0 radical (unpaired) electrons. The smallest absolute Gasteiger partial charge is 0.0587 e. The number of nitrogens with two attached hydrogens (primary N) is 1. The van der Waals surface area contributed by atoms with Crippen molar-refractivity contribution in [3.05, 3.63) is 0 Å². The Kier molecular flexibility index (Phi) is 4.70. The third-order valence-electron chi connectivity index (χ3n) is 3.00. The summed E-state index contributed by atoms with van der Waals surface area (Å²) >= 11 is 0. The molecule has 0 aliphatic carbocycles. The average molecular weight is 186 g/mol. The quantitative estimate of drug-likeness (QED) is 0.660. The first-order chi connectivity index (χ1) is 6.33. The zero-order valence-corrected chi connectivity index (χ0v) is 8.58. The third kappa shape index (κ3) is 2.66. The van der Waals surface area contributed by atoms with Crippen molar-refractivity contribution in [2.75, 3.05) is 19.7 Å². The molecule has 3 heteroatoms. The highest BCUT2D eigenvalue weighted by Gasteiger charge is 2.28. The topological polar surface area (TPSA) is 49.5 Å². The molecule has 1 aliphatic rings. The van der Waals surface area contributed by atoms with Crippen molar-refractivity contribution in [3.8, 4) is 0 Å². The summed E-state index contributed by atoms with van der Waals surface area (Å²) < 4.78 is 0. The summed E-state index contributed by atoms with van der Waals surface area (Å²) in [5.74, 6) is 0. The Morgan fingerprint density at radius 3 is 2.92 bits per heavy atom. The van der Waals surface area contributed by atoms with E-state index in [4.69, 9.17) is 10.8 Å². The van der Waals surface area contributed by atoms with Crippen molar-refractivity contribution in [2.24, 2.45) is 5.73 Å². The predicted molar refractivity (Wildman–Crippen MR) is 54.6 cm³/mol. The van der Waals surface area contributed by atoms with E-state index >= 15 is 0 Å². The van der Waals surface area contributed by atoms with Crippen LogP contribution in [-0.4, -0.2) is 41.8 Å². The van der Waals surface area contributed by atoms with Crippen molar-refractivity contribution in [1.29, 1.82) is 0 Å². The molecular formula is C10H22N2O. The molecule has 2 atom stereocenters. The van der Waals surface area contributed by atoms with Gasteiger partial charge in [-0.15, -0.1) is 0 Å². The van der Waals surface area contributed by atoms with Crippen LogP contribution < -0.4 is 5.73 Å². The van der Waals surface area contributed by atoms with Crippen LogP contribution in [0.3, 0.4) is 0 Å². The molecule has 1 saturated heterocycles. The van der Waals surface area contributed by atoms with Crippen LogP contribution in [0.4, 0.5) is 0 Å². The van der Waals surface area contributed by atoms with Gasteiger partial charge in [0.1, 0.15) is 0 Å². The van der Waals surface area contributed by atoms with Gasteiger partial charge >= 0.3 is 0 Å². The van der Waals surface area contributed by atoms with Crippen LogP contribution in [0.5, 0.6) is 0 Å². The van der Waals surface area contributed by atoms with Crippen LogP contribution in [0.1, 0.15) is 32.6 Å². The van der Waals surface area contributed by atoms with E-state index < -0.39 is 0 Å². The minimum atomic E-state index is 0.292. The van der Waals surface area contributed by atoms with E-state index in [1.165, 1.54) is 12.8 Å². The second kappa shape index (κ2) is 5.58. The van der Waals surface area contributed by atoms with E-state index in [1.807, 2.05) is 0 Å². The molecule has 0 amide bonds. The number of aliphatic hydroxyl groups excluding tert-OH is 1. The highest BCUT2D eigenvalue weighted by molar-refractivity contribution is 4.84. The van der Waals surface area contributed by atoms with E-state index in [9.17, 15) is 0 Å². The first-order valence-electron chi connectivity index (χ1n) is 5.40. The van der Waals surface area contributed by atoms with Gasteiger partial charge in [0.2, 0.25) is 0 Å². The largest absolute Gasteiger partial charge is 0.395 e. The molecule has 1 rings (SSSR count). The Bertz CT molecular complexity index is 141. The molecule has 0 spiro atoms. The molecule has 0 bridgehead atoms. The average Bonchev–Trinajstić information content (AvgIpc) is 2.61. The lowest BCUT2D eigenvalue weighted by Crippen LogP contribution is -2.44. The minimum absolute atomic E-state index is 0.292. The lowest BCUT2D eigenvalue weighted by Gasteiger charge is -2.31. The van der Waals surface area contributed by atoms with Gasteiger partial charge in [-0.3, -0.25) is 4.90 Å². The lowest BCUT2D eigenvalue weighted by atomic mass is 10.1. The number of likely N-dealkylation sites (tertiary alicyclic amines) is 1. The lowest BCUT2D eigenvalue weighted by molar-refractivity contribution is 0.116. The second-order valence-corrected chi connectivity index (χ2v) is 3.89. The van der Waals surface area contributed by atoms with Gasteiger partial charge in [-0.05, 0) is 25.8 Å². The van der Waals surface area contributed by atoms with Gasteiger partial charge in [-0.2, -0.15) is 0 Å². The number of hydrogen-bond acceptors (Lipinski definition) is 3. The van der Waals surface area contributed by atoms with Crippen molar-refractivity contribution in [2.45, 2.75) is 44.7 Å². The van der Waals surface area contributed by atoms with Gasteiger partial charge in [0.05, 0.1) is 6.61 Å². The Morgan fingerprint density at radius 1 is 1.62 bits per heavy atom. The summed E-state index contributed by atoms with van der Waals surface area (Å²) in [4.78, 5) is 2.39. The van der Waals surface area contributed by atoms with Gasteiger partial charge in [-0.25, -0.2) is 0 Å². The van der Waals surface area contributed by atoms with Gasteiger partial charge < -0.3 is 10.8 Å². The molecule has 1 heterocycles. The molecule has 3 N–H and O–H groups in total. The normalized spacial score (nSPS) is 26.5. The summed E-state index contributed by atoms with van der Waals surface area (Å²) in [6, 6.07) is 0.866. The van der Waals surface area contributed by atoms with E-state index in [0.29, 0.717) is 18.7 Å². The van der Waals surface area contributed by atoms with Crippen LogP contribution in [0.2, 0.25) is 0 Å². The fraction of sp³-hybridized carbons (Fsp3) is 1.00. The van der Waals surface area contributed by atoms with E-state index in [0.717, 1.165) is 25.9 Å². The zero-order valence-electron chi connectivity index (χ0n) is 8.58. The maximum atomic E-state index is 9.17. The first-order valence-corrected chi connectivity index (χ1v) is 5.40. The Hall–Kier alpha value is -0.120. The van der Waals surface area contributed by atoms with Crippen molar-refractivity contribution < 1.29 is 5.11 Å². The molecule has 1 aliphatic heterocycles. The monoisotopic (exact) mass is 186 g/mol. The maximum Gasteiger partial charge on any atom is 0.0587 e. The molecule has 3 nitrogen and oxygen atoms in total. The summed E-state index contributed by atoms with van der Waals surface area (Å²) in [5.41, 5.74) is 5.73. The molecule has 78 valence electrons. The number of nitrogens with zero attached hydrogens (tertiary/aromatic N) is 1. The van der Waals surface area contributed by atoms with Gasteiger partial charge in [0.25, 0.3) is 0 Å². The van der Waals surface area contributed by atoms with Gasteiger partial charge in [0, 0.05) is 18.6 Å². The molecule has 0 unspecified atom stereocenters. The van der Waals surface area contributed by atoms with Gasteiger partial charge in [0.15, 0.2) is 0 Å². The standard InChI is InChI=1S/C10H22N2O/c1-2-4-9(7-11)12-6-3-5-10(12)8-13/h9-10,13H,2-8,11H2,1H3/t9-,10-/m0/s1. The van der Waals surface area contributed by atoms with Gasteiger partial charge in [-0.1, -0.05) is 13.3 Å². The summed E-state index contributed by atoms with van der Waals surface area (Å²) in [5, 5.41) is 9.17. The minimum Gasteiger partial charge on any atom is -0.395 e. The van der Waals surface area contributed by atoms with E-state index in [1.54, 1.807) is 0 Å². The van der Waals surface area contributed by atoms with Crippen molar-refractivity contribution in [1.82, 2.24) is 4.90 Å². The van der Waals surface area contributed by atoms with Crippen LogP contribution >= 0.6 is 0 Å². The maximum absolute atomic E-state index is 9.17. The fourth-order valence-corrected chi connectivity index (χ4v) is 2.29. The third-order valence-corrected chi connectivity index (χ3v) is 3.00. The van der Waals surface area contributed by atoms with E-state index in [2.05, 4.69) is 11.8 Å². The van der Waals surface area contributed by atoms with Crippen LogP contribution in [0, 0.1) is 0 Å². The predicted octanol–water partition coefficient (Wildman–Crippen LogP) is 0.571. The van der Waals surface area contributed by atoms with Crippen molar-refractivity contribution in [3.63, 3.8) is 0 Å². The highest BCUT2D eigenvalue weighted by atomic mass is 16.3. The number of rotatable bonds is 5. The summed E-state index contributed by atoms with van der Waals surface area (Å²) in [6.45, 7) is 4.32. The van der Waals surface area contributed by atoms with Crippen LogP contribution in [0.25, 0.3) is 0 Å². The molecular weight excluding hydrogens is 164 g/mol. The number of aliphatic hydroxyl groups is 1. The Labute approximate surface area is 80.9 Å². The Morgan fingerprint density at radius 2 is 2.38 bits per heavy atom. The molecule has 1 fully saturated rings. The number of hydrogen-bond donors (Lipinski definition) is 2. The second-order valence-electron chi connectivity index (χ2n) is 3.89. The molecule has 0 aromatic heterocycles. The van der Waals surface area contributed by atoms with Crippen molar-refractivity contribution >= 4 is 0 Å². The van der Waals surface area contributed by atoms with Crippen LogP contribution in [-0.2, 0) is 0 Å². The van der Waals surface area contributed by atoms with E-state index in [-0.39, 0.29) is 0 Å². The molecule has 0 aromatic rings. The molecule has 13 heavy (non-hydrogen) atoms. The summed E-state index contributed by atoms with van der Waals surface area (Å²) in [6.07, 6.45) is 4.69. The SMILES string of the molecule is CCC[C@@H](CN)N1CCC[C@H]1CO. The Balaban J connectivity index is 2.46. The summed E-state index contributed by atoms with van der Waals surface area (Å²) in [7, 11) is 0. The fourth-order valence-electron chi connectivity index (χ4n) is 2.29. The highest BCUT2D eigenvalue weighted by Crippen LogP contribution is 2.21. The molecule has 0 saturated carbocycles. The molecule has 0 aromatic carbocycles. The van der Waals surface area contributed by atoms with Crippen LogP contribution in [0.15, 0.2) is 0 Å². The first kappa shape index (κ1) is 11.0. The zero-order chi connectivity index (χ0) is 9.68.